The first-order chi connectivity index (χ1) is 15.8. The molecule has 3 aliphatic heterocycles. The van der Waals surface area contributed by atoms with Gasteiger partial charge in [0.05, 0.1) is 24.0 Å². The average Bonchev–Trinajstić information content (AvgIpc) is 3.66. The molecule has 7 heteroatoms. The number of nitrogens with one attached hydrogen (secondary N) is 4. The van der Waals surface area contributed by atoms with Crippen LogP contribution in [0.25, 0.3) is 11.3 Å². The summed E-state index contributed by atoms with van der Waals surface area (Å²) < 4.78 is 0. The van der Waals surface area contributed by atoms with Gasteiger partial charge in [-0.1, -0.05) is 12.1 Å². The number of H-pyrrole nitrogens is 2. The average molecular weight is 432 g/mol. The highest BCUT2D eigenvalue weighted by Crippen LogP contribution is 2.32. The summed E-state index contributed by atoms with van der Waals surface area (Å²) in [6.07, 6.45) is 11.2. The second kappa shape index (κ2) is 8.71. The van der Waals surface area contributed by atoms with E-state index in [1.807, 2.05) is 6.20 Å². The summed E-state index contributed by atoms with van der Waals surface area (Å²) in [7, 11) is 0. The molecule has 2 unspecified atom stereocenters. The molecule has 4 N–H and O–H groups in total. The van der Waals surface area contributed by atoms with Gasteiger partial charge in [0.1, 0.15) is 11.6 Å². The molecule has 5 heterocycles. The molecular weight excluding hydrogens is 398 g/mol. The van der Waals surface area contributed by atoms with Crippen LogP contribution in [0.2, 0.25) is 0 Å². The van der Waals surface area contributed by atoms with Crippen molar-refractivity contribution in [2.24, 2.45) is 0 Å². The van der Waals surface area contributed by atoms with E-state index in [0.717, 1.165) is 43.5 Å². The molecule has 6 rings (SSSR count). The van der Waals surface area contributed by atoms with Crippen LogP contribution < -0.4 is 15.5 Å². The zero-order valence-corrected chi connectivity index (χ0v) is 18.6. The quantitative estimate of drug-likeness (QED) is 0.490. The van der Waals surface area contributed by atoms with E-state index in [2.05, 4.69) is 65.9 Å². The van der Waals surface area contributed by atoms with Gasteiger partial charge in [-0.25, -0.2) is 9.97 Å². The van der Waals surface area contributed by atoms with Crippen molar-refractivity contribution in [3.8, 4) is 11.3 Å². The van der Waals surface area contributed by atoms with Crippen LogP contribution in [0.15, 0.2) is 36.7 Å². The van der Waals surface area contributed by atoms with Crippen LogP contribution in [0.3, 0.4) is 0 Å². The largest absolute Gasteiger partial charge is 0.371 e. The Balaban J connectivity index is 1.07. The number of benzene rings is 1. The van der Waals surface area contributed by atoms with E-state index in [0.29, 0.717) is 18.0 Å². The van der Waals surface area contributed by atoms with Crippen molar-refractivity contribution in [1.29, 1.82) is 0 Å². The minimum absolute atomic E-state index is 0.379. The summed E-state index contributed by atoms with van der Waals surface area (Å²) >= 11 is 0. The highest BCUT2D eigenvalue weighted by molar-refractivity contribution is 5.63. The molecule has 0 aliphatic carbocycles. The van der Waals surface area contributed by atoms with E-state index in [-0.39, 0.29) is 0 Å². The van der Waals surface area contributed by atoms with E-state index in [9.17, 15) is 0 Å². The topological polar surface area (TPSA) is 84.7 Å². The summed E-state index contributed by atoms with van der Waals surface area (Å²) in [5.74, 6) is 2.77. The Morgan fingerprint density at radius 2 is 1.41 bits per heavy atom. The van der Waals surface area contributed by atoms with Crippen LogP contribution in [0.1, 0.15) is 73.9 Å². The highest BCUT2D eigenvalue weighted by Gasteiger charge is 2.25. The first kappa shape index (κ1) is 20.0. The maximum Gasteiger partial charge on any atom is 0.123 e. The summed E-state index contributed by atoms with van der Waals surface area (Å²) in [5, 5.41) is 7.05. The second-order valence-corrected chi connectivity index (χ2v) is 9.51. The van der Waals surface area contributed by atoms with Crippen LogP contribution in [-0.2, 0) is 0 Å². The number of hydrogen-bond donors (Lipinski definition) is 4. The maximum absolute atomic E-state index is 4.67. The van der Waals surface area contributed by atoms with Crippen LogP contribution in [0.4, 0.5) is 5.69 Å². The Bertz CT molecular complexity index is 1020. The van der Waals surface area contributed by atoms with Gasteiger partial charge in [-0.3, -0.25) is 0 Å². The van der Waals surface area contributed by atoms with Crippen molar-refractivity contribution < 1.29 is 0 Å². The molecule has 0 radical (unpaired) electrons. The smallest absolute Gasteiger partial charge is 0.123 e. The van der Waals surface area contributed by atoms with Crippen molar-refractivity contribution in [3.63, 3.8) is 0 Å². The minimum atomic E-state index is 0.379. The normalized spacial score (nSPS) is 24.4. The number of rotatable bonds is 5. The lowest BCUT2D eigenvalue weighted by molar-refractivity contribution is 0.495. The van der Waals surface area contributed by atoms with Crippen LogP contribution in [-0.4, -0.2) is 46.1 Å². The second-order valence-electron chi connectivity index (χ2n) is 9.51. The number of nitrogens with zero attached hydrogens (tertiary/aromatic N) is 3. The van der Waals surface area contributed by atoms with Gasteiger partial charge >= 0.3 is 0 Å². The molecule has 0 amide bonds. The molecule has 2 aromatic heterocycles. The van der Waals surface area contributed by atoms with Crippen molar-refractivity contribution in [1.82, 2.24) is 30.6 Å². The third-order valence-electron chi connectivity index (χ3n) is 7.47. The molecule has 0 saturated carbocycles. The van der Waals surface area contributed by atoms with Crippen LogP contribution in [0.5, 0.6) is 0 Å². The van der Waals surface area contributed by atoms with E-state index >= 15 is 0 Å². The summed E-state index contributed by atoms with van der Waals surface area (Å²) in [6, 6.07) is 9.74. The molecule has 168 valence electrons. The molecule has 2 atom stereocenters. The summed E-state index contributed by atoms with van der Waals surface area (Å²) in [6.45, 7) is 4.37. The molecule has 0 bridgehead atoms. The zero-order chi connectivity index (χ0) is 21.3. The van der Waals surface area contributed by atoms with Gasteiger partial charge in [0.25, 0.3) is 0 Å². The summed E-state index contributed by atoms with van der Waals surface area (Å²) in [5.41, 5.74) is 4.93. The van der Waals surface area contributed by atoms with Gasteiger partial charge in [0.15, 0.2) is 0 Å². The number of aromatic nitrogens is 4. The fourth-order valence-corrected chi connectivity index (χ4v) is 5.53. The highest BCUT2D eigenvalue weighted by atomic mass is 15.1. The monoisotopic (exact) mass is 431 g/mol. The Kier molecular flexibility index (Phi) is 5.45. The standard InChI is InChI=1S/C25H33N7/c1-3-20(26-11-1)24-28-15-22(30-24)17-5-7-19(8-6-17)32-13-9-18(10-14-32)23-16-29-25(31-23)21-4-2-12-27-21/h5-8,15-16,18,20-21,26-27H,1-4,9-14H2,(H,28,30)(H,29,31). The molecule has 3 fully saturated rings. The van der Waals surface area contributed by atoms with Crippen molar-refractivity contribution >= 4 is 5.69 Å². The molecule has 0 spiro atoms. The Hall–Kier alpha value is -2.64. The summed E-state index contributed by atoms with van der Waals surface area (Å²) in [4.78, 5) is 18.9. The molecule has 1 aromatic carbocycles. The van der Waals surface area contributed by atoms with Crippen molar-refractivity contribution in [2.75, 3.05) is 31.1 Å². The Labute approximate surface area is 189 Å². The third kappa shape index (κ3) is 3.95. The third-order valence-corrected chi connectivity index (χ3v) is 7.47. The number of imidazole rings is 2. The van der Waals surface area contributed by atoms with Crippen LogP contribution >= 0.6 is 0 Å². The molecule has 7 nitrogen and oxygen atoms in total. The Morgan fingerprint density at radius 1 is 0.750 bits per heavy atom. The number of aromatic amines is 2. The predicted octanol–water partition coefficient (Wildman–Crippen LogP) is 4.03. The lowest BCUT2D eigenvalue weighted by atomic mass is 9.93. The van der Waals surface area contributed by atoms with Crippen LogP contribution in [0, 0.1) is 0 Å². The maximum atomic E-state index is 4.67. The molecule has 3 aromatic rings. The lowest BCUT2D eigenvalue weighted by Crippen LogP contribution is -2.32. The SMILES string of the molecule is c1cc(N2CCC(c3cnc(C4CCCN4)[nH]3)CC2)ccc1-c1cnc(C2CCCN2)[nH]1. The number of piperidine rings is 1. The van der Waals surface area contributed by atoms with Gasteiger partial charge < -0.3 is 25.5 Å². The number of anilines is 1. The van der Waals surface area contributed by atoms with Gasteiger partial charge in [-0.05, 0) is 69.3 Å². The van der Waals surface area contributed by atoms with Crippen molar-refractivity contribution in [2.45, 2.75) is 56.5 Å². The lowest BCUT2D eigenvalue weighted by Gasteiger charge is -2.33. The molecule has 32 heavy (non-hydrogen) atoms. The van der Waals surface area contributed by atoms with Gasteiger partial charge in [-0.2, -0.15) is 0 Å². The fourth-order valence-electron chi connectivity index (χ4n) is 5.53. The minimum Gasteiger partial charge on any atom is -0.371 e. The first-order valence-corrected chi connectivity index (χ1v) is 12.3. The zero-order valence-electron chi connectivity index (χ0n) is 18.6. The van der Waals surface area contributed by atoms with E-state index in [1.54, 1.807) is 0 Å². The fraction of sp³-hybridized carbons (Fsp3) is 0.520. The van der Waals surface area contributed by atoms with Gasteiger partial charge in [0.2, 0.25) is 0 Å². The van der Waals surface area contributed by atoms with E-state index in [4.69, 9.17) is 0 Å². The predicted molar refractivity (Wildman–Crippen MR) is 127 cm³/mol. The molecule has 3 aliphatic rings. The van der Waals surface area contributed by atoms with Gasteiger partial charge in [-0.15, -0.1) is 0 Å². The first-order valence-electron chi connectivity index (χ1n) is 12.3. The molecule has 3 saturated heterocycles. The van der Waals surface area contributed by atoms with E-state index < -0.39 is 0 Å². The number of hydrogen-bond acceptors (Lipinski definition) is 5. The van der Waals surface area contributed by atoms with Gasteiger partial charge in [0, 0.05) is 36.6 Å². The van der Waals surface area contributed by atoms with Crippen molar-refractivity contribution in [3.05, 3.63) is 54.0 Å². The van der Waals surface area contributed by atoms with E-state index in [1.165, 1.54) is 55.5 Å². The Morgan fingerprint density at radius 3 is 2.06 bits per heavy atom. The molecular formula is C25H33N7.